The molecule has 0 aliphatic rings. The van der Waals surface area contributed by atoms with E-state index < -0.39 is 0 Å². The molecule has 1 heterocycles. The quantitative estimate of drug-likeness (QED) is 0.774. The van der Waals surface area contributed by atoms with Crippen molar-refractivity contribution in [3.8, 4) is 5.75 Å². The number of ether oxygens (including phenoxy) is 1. The minimum Gasteiger partial charge on any atom is -0.493 e. The Balaban J connectivity index is 2.07. The predicted molar refractivity (Wildman–Crippen MR) is 73.6 cm³/mol. The maximum absolute atomic E-state index is 12.2. The molecule has 0 saturated heterocycles. The van der Waals surface area contributed by atoms with Crippen LogP contribution in [0.5, 0.6) is 5.75 Å². The molecular formula is C15H18N2O2. The number of nitrogens with zero attached hydrogens (tertiary/aromatic N) is 2. The van der Waals surface area contributed by atoms with E-state index in [2.05, 4.69) is 24.2 Å². The molecule has 0 aliphatic heterocycles. The van der Waals surface area contributed by atoms with Crippen molar-refractivity contribution in [2.75, 3.05) is 7.11 Å². The van der Waals surface area contributed by atoms with E-state index in [-0.39, 0.29) is 5.78 Å². The number of methoxy groups -OCH3 is 1. The van der Waals surface area contributed by atoms with Gasteiger partial charge in [0.05, 0.1) is 13.3 Å². The first-order chi connectivity index (χ1) is 9.11. The summed E-state index contributed by atoms with van der Waals surface area (Å²) in [5.74, 6) is 0.593. The molecule has 4 nitrogen and oxygen atoms in total. The minimum atomic E-state index is 0.0540. The fourth-order valence-electron chi connectivity index (χ4n) is 2.13. The third kappa shape index (κ3) is 3.02. The van der Waals surface area contributed by atoms with Crippen molar-refractivity contribution in [1.29, 1.82) is 0 Å². The Morgan fingerprint density at radius 1 is 1.42 bits per heavy atom. The molecule has 1 aromatic heterocycles. The van der Waals surface area contributed by atoms with Gasteiger partial charge in [-0.15, -0.1) is 0 Å². The molecule has 0 fully saturated rings. The van der Waals surface area contributed by atoms with E-state index >= 15 is 0 Å². The lowest BCUT2D eigenvalue weighted by molar-refractivity contribution is 0.0970. The second kappa shape index (κ2) is 5.69. The highest BCUT2D eigenvalue weighted by atomic mass is 16.5. The average molecular weight is 258 g/mol. The van der Waals surface area contributed by atoms with Gasteiger partial charge in [-0.05, 0) is 18.9 Å². The van der Waals surface area contributed by atoms with Gasteiger partial charge in [-0.25, -0.2) is 0 Å². The van der Waals surface area contributed by atoms with Crippen LogP contribution in [0, 0.1) is 6.92 Å². The lowest BCUT2D eigenvalue weighted by atomic mass is 10.0. The molecule has 0 bridgehead atoms. The molecule has 100 valence electrons. The Kier molecular flexibility index (Phi) is 4.00. The summed E-state index contributed by atoms with van der Waals surface area (Å²) in [6.45, 7) is 2.05. The Labute approximate surface area is 113 Å². The van der Waals surface area contributed by atoms with Crippen LogP contribution < -0.4 is 4.74 Å². The van der Waals surface area contributed by atoms with Crippen LogP contribution in [0.1, 0.15) is 28.0 Å². The molecule has 19 heavy (non-hydrogen) atoms. The van der Waals surface area contributed by atoms with Crippen molar-refractivity contribution in [3.63, 3.8) is 0 Å². The Hall–Kier alpha value is -2.10. The van der Waals surface area contributed by atoms with Gasteiger partial charge in [0.25, 0.3) is 0 Å². The first kappa shape index (κ1) is 13.3. The molecule has 0 spiro atoms. The largest absolute Gasteiger partial charge is 0.493 e. The van der Waals surface area contributed by atoms with E-state index in [1.54, 1.807) is 25.0 Å². The summed E-state index contributed by atoms with van der Waals surface area (Å²) in [7, 11) is 3.30. The van der Waals surface area contributed by atoms with E-state index in [1.807, 2.05) is 12.1 Å². The molecule has 4 heteroatoms. The van der Waals surface area contributed by atoms with Gasteiger partial charge in [-0.3, -0.25) is 9.48 Å². The number of ketones is 1. The molecular weight excluding hydrogens is 240 g/mol. The van der Waals surface area contributed by atoms with Crippen LogP contribution in [0.2, 0.25) is 0 Å². The predicted octanol–water partition coefficient (Wildman–Crippen LogP) is 2.55. The van der Waals surface area contributed by atoms with Crippen LogP contribution in [0.3, 0.4) is 0 Å². The summed E-state index contributed by atoms with van der Waals surface area (Å²) in [6, 6.07) is 8.21. The highest BCUT2D eigenvalue weighted by Crippen LogP contribution is 2.19. The highest BCUT2D eigenvalue weighted by molar-refractivity contribution is 5.97. The second-order valence-electron chi connectivity index (χ2n) is 4.60. The van der Waals surface area contributed by atoms with Crippen LogP contribution >= 0.6 is 0 Å². The number of Topliss-reactive ketones (excluding diaryl/α,β-unsaturated/α-hetero) is 1. The summed E-state index contributed by atoms with van der Waals surface area (Å²) >= 11 is 0. The van der Waals surface area contributed by atoms with Gasteiger partial charge in [0.15, 0.2) is 11.5 Å². The van der Waals surface area contributed by atoms with Crippen molar-refractivity contribution in [3.05, 3.63) is 47.3 Å². The third-order valence-electron chi connectivity index (χ3n) is 3.11. The van der Waals surface area contributed by atoms with Gasteiger partial charge in [-0.2, -0.15) is 5.10 Å². The molecule has 2 aromatic rings. The maximum atomic E-state index is 12.2. The number of aryl methyl sites for hydroxylation is 3. The van der Waals surface area contributed by atoms with Gasteiger partial charge in [0.2, 0.25) is 0 Å². The van der Waals surface area contributed by atoms with Crippen LogP contribution in [-0.4, -0.2) is 22.7 Å². The Morgan fingerprint density at radius 3 is 2.89 bits per heavy atom. The number of benzene rings is 1. The molecule has 2 rings (SSSR count). The zero-order valence-corrected chi connectivity index (χ0v) is 11.5. The van der Waals surface area contributed by atoms with Gasteiger partial charge >= 0.3 is 0 Å². The maximum Gasteiger partial charge on any atom is 0.184 e. The standard InChI is InChI=1S/C15H18N2O2/c1-11-5-4-6-12(9-11)7-8-13(18)15-14(19-3)10-16-17(15)2/h4-6,9-10H,7-8H2,1-3H3. The fourth-order valence-corrected chi connectivity index (χ4v) is 2.13. The van der Waals surface area contributed by atoms with Gasteiger partial charge in [0.1, 0.15) is 5.69 Å². The van der Waals surface area contributed by atoms with Gasteiger partial charge in [0, 0.05) is 13.5 Å². The van der Waals surface area contributed by atoms with Crippen molar-refractivity contribution in [1.82, 2.24) is 9.78 Å². The molecule has 0 N–H and O–H groups in total. The monoisotopic (exact) mass is 258 g/mol. The van der Waals surface area contributed by atoms with E-state index in [0.29, 0.717) is 17.9 Å². The van der Waals surface area contributed by atoms with E-state index in [9.17, 15) is 4.79 Å². The third-order valence-corrected chi connectivity index (χ3v) is 3.11. The number of hydrogen-bond acceptors (Lipinski definition) is 3. The molecule has 0 aliphatic carbocycles. The van der Waals surface area contributed by atoms with Gasteiger partial charge in [-0.1, -0.05) is 29.8 Å². The second-order valence-corrected chi connectivity index (χ2v) is 4.60. The lowest BCUT2D eigenvalue weighted by Gasteiger charge is -2.05. The van der Waals surface area contributed by atoms with E-state index in [1.165, 1.54) is 11.1 Å². The average Bonchev–Trinajstić information content (AvgIpc) is 2.77. The van der Waals surface area contributed by atoms with Crippen LogP contribution in [0.25, 0.3) is 0 Å². The van der Waals surface area contributed by atoms with Crippen molar-refractivity contribution in [2.24, 2.45) is 7.05 Å². The first-order valence-electron chi connectivity index (χ1n) is 6.26. The Morgan fingerprint density at radius 2 is 2.21 bits per heavy atom. The van der Waals surface area contributed by atoms with Crippen LogP contribution in [0.15, 0.2) is 30.5 Å². The highest BCUT2D eigenvalue weighted by Gasteiger charge is 2.17. The number of hydrogen-bond donors (Lipinski definition) is 0. The van der Waals surface area contributed by atoms with E-state index in [4.69, 9.17) is 4.74 Å². The molecule has 0 saturated carbocycles. The summed E-state index contributed by atoms with van der Waals surface area (Å²) in [5, 5.41) is 4.05. The molecule has 0 radical (unpaired) electrons. The van der Waals surface area contributed by atoms with Crippen LogP contribution in [0.4, 0.5) is 0 Å². The molecule has 0 amide bonds. The summed E-state index contributed by atoms with van der Waals surface area (Å²) in [6.07, 6.45) is 2.76. The molecule has 0 unspecified atom stereocenters. The van der Waals surface area contributed by atoms with Crippen LogP contribution in [-0.2, 0) is 13.5 Å². The smallest absolute Gasteiger partial charge is 0.184 e. The van der Waals surface area contributed by atoms with Crippen molar-refractivity contribution >= 4 is 5.78 Å². The Bertz CT molecular complexity index is 588. The number of carbonyl (C=O) groups is 1. The molecule has 0 atom stereocenters. The SMILES string of the molecule is COc1cnn(C)c1C(=O)CCc1cccc(C)c1. The molecule has 1 aromatic carbocycles. The summed E-state index contributed by atoms with van der Waals surface area (Å²) in [4.78, 5) is 12.2. The lowest BCUT2D eigenvalue weighted by Crippen LogP contribution is -2.09. The zero-order valence-electron chi connectivity index (χ0n) is 11.5. The zero-order chi connectivity index (χ0) is 13.8. The topological polar surface area (TPSA) is 44.1 Å². The van der Waals surface area contributed by atoms with E-state index in [0.717, 1.165) is 6.42 Å². The summed E-state index contributed by atoms with van der Waals surface area (Å²) < 4.78 is 6.72. The minimum absolute atomic E-state index is 0.0540. The van der Waals surface area contributed by atoms with Crippen molar-refractivity contribution in [2.45, 2.75) is 19.8 Å². The number of rotatable bonds is 5. The number of carbonyl (C=O) groups excluding carboxylic acids is 1. The van der Waals surface area contributed by atoms with Crippen molar-refractivity contribution < 1.29 is 9.53 Å². The first-order valence-corrected chi connectivity index (χ1v) is 6.26. The van der Waals surface area contributed by atoms with Gasteiger partial charge < -0.3 is 4.74 Å². The normalized spacial score (nSPS) is 10.5. The summed E-state index contributed by atoms with van der Waals surface area (Å²) in [5.41, 5.74) is 2.92. The fraction of sp³-hybridized carbons (Fsp3) is 0.333. The number of aromatic nitrogens is 2.